The van der Waals surface area contributed by atoms with Crippen molar-refractivity contribution >= 4 is 77.8 Å². The highest BCUT2D eigenvalue weighted by atomic mass is 16.4. The van der Waals surface area contributed by atoms with Crippen LogP contribution in [0.3, 0.4) is 0 Å². The second kappa shape index (κ2) is 14.1. The van der Waals surface area contributed by atoms with Crippen LogP contribution >= 0.6 is 0 Å². The molecule has 6 heteroatoms. The number of carbonyl (C=O) groups excluding carboxylic acids is 2. The number of carboxylic acid groups (broad SMARTS) is 1. The van der Waals surface area contributed by atoms with Crippen LogP contribution < -0.4 is 4.90 Å². The Bertz CT molecular complexity index is 3610. The first kappa shape index (κ1) is 39.7. The molecular weight excluding hydrogens is 813 g/mol. The number of fused-ring (bicyclic) bond motifs is 6. The van der Waals surface area contributed by atoms with Crippen molar-refractivity contribution in [1.82, 2.24) is 4.90 Å². The van der Waals surface area contributed by atoms with Crippen molar-refractivity contribution < 1.29 is 19.5 Å². The van der Waals surface area contributed by atoms with E-state index in [1.54, 1.807) is 12.1 Å². The predicted molar refractivity (Wildman–Crippen MR) is 268 cm³/mol. The van der Waals surface area contributed by atoms with E-state index in [4.69, 9.17) is 0 Å². The molecule has 0 unspecified atom stereocenters. The van der Waals surface area contributed by atoms with Crippen LogP contribution in [0.1, 0.15) is 77.6 Å². The molecule has 12 rings (SSSR count). The molecule has 9 aromatic carbocycles. The number of carbonyl (C=O) groups is 3. The number of nitrogens with zero attached hydrogens (tertiary/aromatic N) is 2. The first-order valence-electron chi connectivity index (χ1n) is 22.7. The molecule has 0 aromatic heterocycles. The maximum atomic E-state index is 13.6. The second-order valence-electron chi connectivity index (χ2n) is 19.1. The summed E-state index contributed by atoms with van der Waals surface area (Å²) in [5, 5.41) is 17.1. The van der Waals surface area contributed by atoms with Crippen LogP contribution in [-0.2, 0) is 15.6 Å². The number of amides is 2. The molecule has 0 saturated heterocycles. The number of imide groups is 1. The maximum absolute atomic E-state index is 13.6. The largest absolute Gasteiger partial charge is 0.480 e. The van der Waals surface area contributed by atoms with E-state index >= 15 is 0 Å². The normalized spacial score (nSPS) is 16.8. The fourth-order valence-corrected chi connectivity index (χ4v) is 11.9. The minimum Gasteiger partial charge on any atom is -0.480 e. The van der Waals surface area contributed by atoms with Crippen molar-refractivity contribution in [3.05, 3.63) is 197 Å². The van der Waals surface area contributed by atoms with E-state index in [1.807, 2.05) is 12.1 Å². The van der Waals surface area contributed by atoms with Gasteiger partial charge >= 0.3 is 5.97 Å². The molecule has 0 atom stereocenters. The zero-order chi connectivity index (χ0) is 45.4. The molecule has 66 heavy (non-hydrogen) atoms. The van der Waals surface area contributed by atoms with Gasteiger partial charge in [-0.15, -0.1) is 0 Å². The van der Waals surface area contributed by atoms with Gasteiger partial charge in [-0.25, -0.2) is 0 Å². The summed E-state index contributed by atoms with van der Waals surface area (Å²) in [5.74, 6) is -2.41. The summed E-state index contributed by atoms with van der Waals surface area (Å²) in [6.07, 6.45) is 4.70. The van der Waals surface area contributed by atoms with Crippen molar-refractivity contribution in [1.29, 1.82) is 0 Å². The maximum Gasteiger partial charge on any atom is 0.323 e. The number of carboxylic acids is 1. The van der Waals surface area contributed by atoms with Crippen molar-refractivity contribution in [2.24, 2.45) is 0 Å². The van der Waals surface area contributed by atoms with Crippen LogP contribution in [0.15, 0.2) is 163 Å². The average molecular weight is 859 g/mol. The predicted octanol–water partition coefficient (Wildman–Crippen LogP) is 13.9. The summed E-state index contributed by atoms with van der Waals surface area (Å²) in [5.41, 5.74) is 15.5. The molecule has 2 amide bonds. The van der Waals surface area contributed by atoms with Crippen LogP contribution in [-0.4, -0.2) is 40.9 Å². The fourth-order valence-electron chi connectivity index (χ4n) is 11.9. The number of rotatable bonds is 7. The van der Waals surface area contributed by atoms with Gasteiger partial charge in [0.15, 0.2) is 0 Å². The Morgan fingerprint density at radius 3 is 1.76 bits per heavy atom. The van der Waals surface area contributed by atoms with Gasteiger partial charge in [-0.05, 0) is 137 Å². The van der Waals surface area contributed by atoms with E-state index in [1.165, 1.54) is 44.5 Å². The Balaban J connectivity index is 0.974. The first-order valence-corrected chi connectivity index (χ1v) is 22.7. The van der Waals surface area contributed by atoms with Gasteiger partial charge in [0.05, 0.1) is 0 Å². The molecule has 0 saturated carbocycles. The lowest BCUT2D eigenvalue weighted by Crippen LogP contribution is -2.43. The zero-order valence-corrected chi connectivity index (χ0v) is 37.5. The molecule has 3 aliphatic rings. The zero-order valence-electron chi connectivity index (χ0n) is 37.5. The molecular formula is C60H46N2O4. The molecule has 1 heterocycles. The molecule has 6 nitrogen and oxygen atoms in total. The van der Waals surface area contributed by atoms with Crippen molar-refractivity contribution in [3.63, 3.8) is 0 Å². The SMILES string of the molecule is CC=C1/C(=C\CN(c2ccc(-c3ccc4c5ccc6c7c(ccc(c8cccc3c84)c75)C(=O)N(CC(=O)O)C6=O)cc2)c2ccc3c(c2)C(C)(C)c2ccccc2-3)C(C)(C)c2ccccc21. The van der Waals surface area contributed by atoms with Gasteiger partial charge in [-0.2, -0.15) is 0 Å². The molecule has 320 valence electrons. The quantitative estimate of drug-likeness (QED) is 0.0981. The van der Waals surface area contributed by atoms with E-state index in [-0.39, 0.29) is 10.8 Å². The Labute approximate surface area is 383 Å². The van der Waals surface area contributed by atoms with Crippen LogP contribution in [0.4, 0.5) is 11.4 Å². The van der Waals surface area contributed by atoms with E-state index < -0.39 is 24.3 Å². The molecule has 0 fully saturated rings. The number of allylic oxidation sites excluding steroid dienone is 3. The highest BCUT2D eigenvalue weighted by molar-refractivity contribution is 6.39. The Morgan fingerprint density at radius 1 is 0.545 bits per heavy atom. The molecule has 9 aromatic rings. The first-order chi connectivity index (χ1) is 31.9. The monoisotopic (exact) mass is 858 g/mol. The third kappa shape index (κ3) is 5.45. The minimum atomic E-state index is -1.24. The van der Waals surface area contributed by atoms with Crippen molar-refractivity contribution in [3.8, 4) is 22.3 Å². The lowest BCUT2D eigenvalue weighted by atomic mass is 9.82. The molecule has 0 radical (unpaired) electrons. The van der Waals surface area contributed by atoms with E-state index in [0.29, 0.717) is 23.1 Å². The summed E-state index contributed by atoms with van der Waals surface area (Å²) in [6.45, 7) is 11.5. The lowest BCUT2D eigenvalue weighted by Gasteiger charge is -2.29. The molecule has 0 bridgehead atoms. The summed E-state index contributed by atoms with van der Waals surface area (Å²) in [4.78, 5) is 42.1. The number of benzene rings is 9. The summed E-state index contributed by atoms with van der Waals surface area (Å²) in [7, 11) is 0. The van der Waals surface area contributed by atoms with Crippen LogP contribution in [0, 0.1) is 0 Å². The number of anilines is 2. The van der Waals surface area contributed by atoms with Gasteiger partial charge < -0.3 is 10.0 Å². The standard InChI is InChI=1S/C60H46N2O4/c1-6-37-39-12-7-9-16-49(39)59(2,3)51(37)30-31-61(36-22-23-41-40-13-8-10-17-50(40)60(4,5)52(41)32-36)35-20-18-34(19-21-35)38-24-25-44-46-27-29-48-56-47(57(65)62(58(48)66)33-53(63)64)28-26-45(55(46)56)43-15-11-14-42(38)54(43)44/h6-30,32H,31,33H2,1-5H3,(H,63,64)/b37-6?,51-30+. The van der Waals surface area contributed by atoms with E-state index in [2.05, 4.69) is 173 Å². The smallest absolute Gasteiger partial charge is 0.323 e. The summed E-state index contributed by atoms with van der Waals surface area (Å²) >= 11 is 0. The summed E-state index contributed by atoms with van der Waals surface area (Å²) in [6, 6.07) is 51.7. The second-order valence-corrected chi connectivity index (χ2v) is 19.1. The van der Waals surface area contributed by atoms with Crippen LogP contribution in [0.5, 0.6) is 0 Å². The van der Waals surface area contributed by atoms with Gasteiger partial charge in [0.1, 0.15) is 6.54 Å². The number of aliphatic carboxylic acids is 1. The van der Waals surface area contributed by atoms with E-state index in [9.17, 15) is 19.5 Å². The highest BCUT2D eigenvalue weighted by Crippen LogP contribution is 2.52. The number of hydrogen-bond donors (Lipinski definition) is 1. The topological polar surface area (TPSA) is 77.9 Å². The van der Waals surface area contributed by atoms with Gasteiger partial charge in [0.2, 0.25) is 0 Å². The Hall–Kier alpha value is -7.83. The average Bonchev–Trinajstić information content (AvgIpc) is 3.69. The third-order valence-corrected chi connectivity index (χ3v) is 15.0. The summed E-state index contributed by atoms with van der Waals surface area (Å²) < 4.78 is 0. The lowest BCUT2D eigenvalue weighted by molar-refractivity contribution is -0.137. The molecule has 1 aliphatic heterocycles. The molecule has 1 N–H and O–H groups in total. The molecule has 0 spiro atoms. The van der Waals surface area contributed by atoms with E-state index in [0.717, 1.165) is 65.1 Å². The van der Waals surface area contributed by atoms with Crippen molar-refractivity contribution in [2.45, 2.75) is 45.4 Å². The Kier molecular flexibility index (Phi) is 8.48. The Morgan fingerprint density at radius 2 is 1.09 bits per heavy atom. The van der Waals surface area contributed by atoms with Gasteiger partial charge in [-0.3, -0.25) is 19.3 Å². The molecule has 2 aliphatic carbocycles. The fraction of sp³-hybridized carbons (Fsp3) is 0.150. The highest BCUT2D eigenvalue weighted by Gasteiger charge is 2.39. The van der Waals surface area contributed by atoms with Gasteiger partial charge in [0, 0.05) is 45.3 Å². The van der Waals surface area contributed by atoms with Crippen LogP contribution in [0.2, 0.25) is 0 Å². The number of hydrogen-bond acceptors (Lipinski definition) is 4. The van der Waals surface area contributed by atoms with Gasteiger partial charge in [-0.1, -0.05) is 149 Å². The van der Waals surface area contributed by atoms with Crippen molar-refractivity contribution in [2.75, 3.05) is 18.0 Å². The minimum absolute atomic E-state index is 0.137. The third-order valence-electron chi connectivity index (χ3n) is 15.0. The van der Waals surface area contributed by atoms with Crippen LogP contribution in [0.25, 0.3) is 70.9 Å². The van der Waals surface area contributed by atoms with Gasteiger partial charge in [0.25, 0.3) is 11.8 Å².